The molecule has 0 amide bonds. The first-order valence-electron chi connectivity index (χ1n) is 10.5. The predicted octanol–water partition coefficient (Wildman–Crippen LogP) is 4.14. The fourth-order valence-electron chi connectivity index (χ4n) is 3.76. The Bertz CT molecular complexity index is 1360. The molecule has 7 nitrogen and oxygen atoms in total. The quantitative estimate of drug-likeness (QED) is 0.419. The van der Waals surface area contributed by atoms with E-state index >= 15 is 0 Å². The van der Waals surface area contributed by atoms with Crippen molar-refractivity contribution in [1.82, 2.24) is 34.4 Å². The van der Waals surface area contributed by atoms with Crippen LogP contribution in [0.4, 0.5) is 0 Å². The number of nitrogens with one attached hydrogen (secondary N) is 1. The standard InChI is InChI=1S/C24H22BN7/c1-16-7-6-10-20(28-16)24-23(19-11-12-22-26-15-27-32(22)13-19)29-21(30-24)14-31(25)17(2)18-8-4-3-5-9-18/h3-13,15,17H,14H2,1-2H3,(H,29,30)/t17-/m1/s1. The molecule has 0 saturated carbocycles. The van der Waals surface area contributed by atoms with Crippen molar-refractivity contribution in [3.63, 3.8) is 0 Å². The molecule has 1 aromatic carbocycles. The fraction of sp³-hybridized carbons (Fsp3) is 0.167. The first kappa shape index (κ1) is 20.1. The number of rotatable bonds is 6. The van der Waals surface area contributed by atoms with Gasteiger partial charge < -0.3 is 9.79 Å². The molecule has 1 atom stereocenters. The highest BCUT2D eigenvalue weighted by Crippen LogP contribution is 2.30. The first-order valence-corrected chi connectivity index (χ1v) is 10.5. The summed E-state index contributed by atoms with van der Waals surface area (Å²) in [7, 11) is 6.44. The molecule has 4 heterocycles. The van der Waals surface area contributed by atoms with E-state index in [2.05, 4.69) is 34.1 Å². The summed E-state index contributed by atoms with van der Waals surface area (Å²) < 4.78 is 1.74. The molecule has 0 aliphatic rings. The molecule has 5 rings (SSSR count). The van der Waals surface area contributed by atoms with Crippen molar-refractivity contribution in [2.45, 2.75) is 26.4 Å². The Kier molecular flexibility index (Phi) is 5.29. The van der Waals surface area contributed by atoms with Gasteiger partial charge in [-0.15, -0.1) is 0 Å². The molecule has 2 radical (unpaired) electrons. The van der Waals surface area contributed by atoms with E-state index in [1.807, 2.05) is 61.7 Å². The number of H-pyrrole nitrogens is 1. The van der Waals surface area contributed by atoms with Crippen molar-refractivity contribution in [2.75, 3.05) is 0 Å². The molecule has 0 aliphatic heterocycles. The van der Waals surface area contributed by atoms with E-state index in [4.69, 9.17) is 17.9 Å². The van der Waals surface area contributed by atoms with Gasteiger partial charge in [-0.25, -0.2) is 14.5 Å². The Morgan fingerprint density at radius 3 is 2.69 bits per heavy atom. The molecule has 0 saturated heterocycles. The molecular formula is C24H22BN7. The highest BCUT2D eigenvalue weighted by molar-refractivity contribution is 6.04. The van der Waals surface area contributed by atoms with Gasteiger partial charge in [0.2, 0.25) is 0 Å². The zero-order valence-corrected chi connectivity index (χ0v) is 18.0. The van der Waals surface area contributed by atoms with E-state index in [1.54, 1.807) is 9.33 Å². The van der Waals surface area contributed by atoms with Crippen LogP contribution in [0.1, 0.15) is 30.0 Å². The highest BCUT2D eigenvalue weighted by Gasteiger charge is 2.19. The highest BCUT2D eigenvalue weighted by atomic mass is 15.3. The number of fused-ring (bicyclic) bond motifs is 1. The van der Waals surface area contributed by atoms with E-state index in [9.17, 15) is 0 Å². The molecule has 8 heteroatoms. The lowest BCUT2D eigenvalue weighted by molar-refractivity contribution is 0.353. The first-order chi connectivity index (χ1) is 15.6. The van der Waals surface area contributed by atoms with Crippen LogP contribution < -0.4 is 0 Å². The topological polar surface area (TPSA) is 75.0 Å². The van der Waals surface area contributed by atoms with Gasteiger partial charge >= 0.3 is 0 Å². The summed E-state index contributed by atoms with van der Waals surface area (Å²) in [5.74, 6) is 0.766. The van der Waals surface area contributed by atoms with Gasteiger partial charge in [0.15, 0.2) is 13.6 Å². The summed E-state index contributed by atoms with van der Waals surface area (Å²) in [5.41, 5.74) is 6.28. The minimum atomic E-state index is 0.0387. The minimum Gasteiger partial charge on any atom is -0.341 e. The third-order valence-electron chi connectivity index (χ3n) is 5.56. The third kappa shape index (κ3) is 3.92. The summed E-state index contributed by atoms with van der Waals surface area (Å²) in [6, 6.07) is 20.1. The van der Waals surface area contributed by atoms with Gasteiger partial charge in [0.1, 0.15) is 12.2 Å². The van der Waals surface area contributed by atoms with Crippen molar-refractivity contribution in [3.8, 4) is 22.6 Å². The van der Waals surface area contributed by atoms with Crippen LogP contribution in [0, 0.1) is 6.92 Å². The van der Waals surface area contributed by atoms with E-state index in [0.717, 1.165) is 45.4 Å². The lowest BCUT2D eigenvalue weighted by atomic mass is 10.0. The summed E-state index contributed by atoms with van der Waals surface area (Å²) in [6.07, 6.45) is 3.46. The normalized spacial score (nSPS) is 12.5. The Morgan fingerprint density at radius 2 is 1.88 bits per heavy atom. The maximum absolute atomic E-state index is 6.44. The molecule has 32 heavy (non-hydrogen) atoms. The smallest absolute Gasteiger partial charge is 0.183 e. The fourth-order valence-corrected chi connectivity index (χ4v) is 3.76. The van der Waals surface area contributed by atoms with Crippen molar-refractivity contribution in [3.05, 3.63) is 90.3 Å². The van der Waals surface area contributed by atoms with E-state index in [1.165, 1.54) is 6.33 Å². The van der Waals surface area contributed by atoms with E-state index in [0.29, 0.717) is 6.54 Å². The predicted molar refractivity (Wildman–Crippen MR) is 125 cm³/mol. The van der Waals surface area contributed by atoms with Gasteiger partial charge in [-0.3, -0.25) is 4.98 Å². The molecule has 156 valence electrons. The van der Waals surface area contributed by atoms with Gasteiger partial charge in [0.05, 0.1) is 17.1 Å². The van der Waals surface area contributed by atoms with Crippen LogP contribution >= 0.6 is 0 Å². The van der Waals surface area contributed by atoms with Crippen LogP contribution in [-0.4, -0.2) is 42.3 Å². The average molecular weight is 419 g/mol. The maximum atomic E-state index is 6.44. The number of aryl methyl sites for hydroxylation is 1. The molecule has 0 spiro atoms. The zero-order chi connectivity index (χ0) is 22.1. The van der Waals surface area contributed by atoms with Crippen molar-refractivity contribution in [2.24, 2.45) is 0 Å². The second-order valence-electron chi connectivity index (χ2n) is 7.81. The molecule has 0 fully saturated rings. The van der Waals surface area contributed by atoms with Crippen molar-refractivity contribution < 1.29 is 0 Å². The van der Waals surface area contributed by atoms with E-state index in [-0.39, 0.29) is 6.04 Å². The Hall–Kier alpha value is -3.78. The number of benzene rings is 1. The van der Waals surface area contributed by atoms with Gasteiger partial charge in [0.25, 0.3) is 0 Å². The number of nitrogens with zero attached hydrogens (tertiary/aromatic N) is 6. The monoisotopic (exact) mass is 419 g/mol. The van der Waals surface area contributed by atoms with Crippen LogP contribution in [-0.2, 0) is 6.54 Å². The third-order valence-corrected chi connectivity index (χ3v) is 5.56. The van der Waals surface area contributed by atoms with Gasteiger partial charge in [0, 0.05) is 30.0 Å². The number of aromatic nitrogens is 6. The second kappa shape index (κ2) is 8.40. The molecule has 4 aromatic heterocycles. The second-order valence-corrected chi connectivity index (χ2v) is 7.81. The van der Waals surface area contributed by atoms with Gasteiger partial charge in [-0.2, -0.15) is 5.10 Å². The Labute approximate surface area is 187 Å². The number of pyridine rings is 2. The van der Waals surface area contributed by atoms with Crippen LogP contribution in [0.15, 0.2) is 73.2 Å². The zero-order valence-electron chi connectivity index (χ0n) is 18.0. The van der Waals surface area contributed by atoms with E-state index < -0.39 is 0 Å². The molecule has 0 bridgehead atoms. The Balaban J connectivity index is 1.53. The largest absolute Gasteiger partial charge is 0.341 e. The maximum Gasteiger partial charge on any atom is 0.183 e. The Morgan fingerprint density at radius 1 is 1.03 bits per heavy atom. The summed E-state index contributed by atoms with van der Waals surface area (Å²) in [5, 5.41) is 4.26. The molecular weight excluding hydrogens is 397 g/mol. The van der Waals surface area contributed by atoms with Crippen LogP contribution in [0.5, 0.6) is 0 Å². The molecule has 1 N–H and O–H groups in total. The molecule has 5 aromatic rings. The van der Waals surface area contributed by atoms with Crippen molar-refractivity contribution in [1.29, 1.82) is 0 Å². The SMILES string of the molecule is [B]N(Cc1nc(-c2ccc3ncnn3c2)c(-c2cccc(C)n2)[nH]1)[C@H](C)c1ccccc1. The number of hydrogen-bond acceptors (Lipinski definition) is 5. The molecule has 0 aliphatic carbocycles. The minimum absolute atomic E-state index is 0.0387. The van der Waals surface area contributed by atoms with Crippen LogP contribution in [0.25, 0.3) is 28.3 Å². The summed E-state index contributed by atoms with van der Waals surface area (Å²) >= 11 is 0. The van der Waals surface area contributed by atoms with Crippen LogP contribution in [0.3, 0.4) is 0 Å². The summed E-state index contributed by atoms with van der Waals surface area (Å²) in [6.45, 7) is 4.52. The van der Waals surface area contributed by atoms with Crippen molar-refractivity contribution >= 4 is 13.6 Å². The molecule has 0 unspecified atom stereocenters. The lowest BCUT2D eigenvalue weighted by Crippen LogP contribution is -2.24. The summed E-state index contributed by atoms with van der Waals surface area (Å²) in [4.78, 5) is 19.1. The van der Waals surface area contributed by atoms with Gasteiger partial charge in [-0.1, -0.05) is 36.4 Å². The average Bonchev–Trinajstić information content (AvgIpc) is 3.45. The number of imidazole rings is 1. The van der Waals surface area contributed by atoms with Gasteiger partial charge in [-0.05, 0) is 43.7 Å². The number of hydrogen-bond donors (Lipinski definition) is 1. The lowest BCUT2D eigenvalue weighted by Gasteiger charge is -2.24. The number of aromatic amines is 1. The van der Waals surface area contributed by atoms with Crippen LogP contribution in [0.2, 0.25) is 0 Å².